The molecule has 1 aromatic carbocycles. The van der Waals surface area contributed by atoms with E-state index in [1.54, 1.807) is 36.2 Å². The first-order chi connectivity index (χ1) is 8.56. The Kier molecular flexibility index (Phi) is 5.18. The van der Waals surface area contributed by atoms with Gasteiger partial charge in [0.2, 0.25) is 5.91 Å². The molecule has 1 fully saturated rings. The van der Waals surface area contributed by atoms with E-state index >= 15 is 0 Å². The number of hydrogen-bond donors (Lipinski definition) is 2. The minimum Gasteiger partial charge on any atom is -0.399 e. The van der Waals surface area contributed by atoms with Gasteiger partial charge in [-0.25, -0.2) is 0 Å². The van der Waals surface area contributed by atoms with Crippen LogP contribution in [-0.4, -0.2) is 36.3 Å². The topological polar surface area (TPSA) is 75.4 Å². The predicted molar refractivity (Wildman–Crippen MR) is 76.2 cm³/mol. The minimum absolute atomic E-state index is 0. The van der Waals surface area contributed by atoms with Crippen molar-refractivity contribution in [3.63, 3.8) is 0 Å². The van der Waals surface area contributed by atoms with Crippen LogP contribution < -0.4 is 11.1 Å². The number of likely N-dealkylation sites (N-methyl/N-ethyl adjacent to an activating group) is 1. The van der Waals surface area contributed by atoms with Gasteiger partial charge in [0.1, 0.15) is 0 Å². The van der Waals surface area contributed by atoms with E-state index in [9.17, 15) is 9.59 Å². The van der Waals surface area contributed by atoms with Crippen molar-refractivity contribution < 1.29 is 9.59 Å². The molecule has 1 unspecified atom stereocenters. The smallest absolute Gasteiger partial charge is 0.251 e. The first kappa shape index (κ1) is 15.3. The van der Waals surface area contributed by atoms with Crippen LogP contribution in [0.15, 0.2) is 24.3 Å². The highest BCUT2D eigenvalue weighted by atomic mass is 35.5. The summed E-state index contributed by atoms with van der Waals surface area (Å²) in [5.41, 5.74) is 6.79. The van der Waals surface area contributed by atoms with Crippen LogP contribution in [0.4, 0.5) is 5.69 Å². The molecule has 2 rings (SSSR count). The number of likely N-dealkylation sites (tertiary alicyclic amines) is 1. The number of anilines is 1. The molecule has 104 valence electrons. The van der Waals surface area contributed by atoms with Crippen LogP contribution in [0.5, 0.6) is 0 Å². The second-order valence-electron chi connectivity index (χ2n) is 4.61. The van der Waals surface area contributed by atoms with Crippen molar-refractivity contribution in [3.05, 3.63) is 29.8 Å². The Bertz CT molecular complexity index is 461. The summed E-state index contributed by atoms with van der Waals surface area (Å²) in [6, 6.07) is 6.82. The summed E-state index contributed by atoms with van der Waals surface area (Å²) in [6.07, 6.45) is 1.19. The molecule has 1 aliphatic rings. The second kappa shape index (κ2) is 6.43. The molecule has 3 N–H and O–H groups in total. The van der Waals surface area contributed by atoms with E-state index in [4.69, 9.17) is 5.73 Å². The summed E-state index contributed by atoms with van der Waals surface area (Å²) in [5.74, 6) is 0.00994. The van der Waals surface area contributed by atoms with Gasteiger partial charge in [-0.1, -0.05) is 0 Å². The third-order valence-corrected chi connectivity index (χ3v) is 3.13. The van der Waals surface area contributed by atoms with Gasteiger partial charge >= 0.3 is 0 Å². The van der Waals surface area contributed by atoms with Gasteiger partial charge in [-0.3, -0.25) is 9.59 Å². The van der Waals surface area contributed by atoms with Crippen LogP contribution in [-0.2, 0) is 4.79 Å². The van der Waals surface area contributed by atoms with Crippen molar-refractivity contribution in [1.82, 2.24) is 10.2 Å². The highest BCUT2D eigenvalue weighted by Gasteiger charge is 2.24. The van der Waals surface area contributed by atoms with Crippen LogP contribution in [0.1, 0.15) is 23.2 Å². The largest absolute Gasteiger partial charge is 0.399 e. The number of piperidine rings is 1. The molecule has 1 aliphatic heterocycles. The lowest BCUT2D eigenvalue weighted by Gasteiger charge is -2.30. The number of rotatable bonds is 2. The number of benzene rings is 1. The molecule has 0 aliphatic carbocycles. The molecule has 0 radical (unpaired) electrons. The first-order valence-corrected chi connectivity index (χ1v) is 5.96. The Labute approximate surface area is 118 Å². The van der Waals surface area contributed by atoms with Gasteiger partial charge in [0, 0.05) is 37.3 Å². The third-order valence-electron chi connectivity index (χ3n) is 3.13. The predicted octanol–water partition coefficient (Wildman–Crippen LogP) is 1.04. The number of halogens is 1. The fourth-order valence-electron chi connectivity index (χ4n) is 2.03. The van der Waals surface area contributed by atoms with Gasteiger partial charge in [-0.05, 0) is 30.7 Å². The zero-order chi connectivity index (χ0) is 13.1. The average molecular weight is 284 g/mol. The highest BCUT2D eigenvalue weighted by Crippen LogP contribution is 2.11. The Morgan fingerprint density at radius 2 is 2.00 bits per heavy atom. The summed E-state index contributed by atoms with van der Waals surface area (Å²) < 4.78 is 0. The molecule has 6 heteroatoms. The monoisotopic (exact) mass is 283 g/mol. The zero-order valence-electron chi connectivity index (χ0n) is 10.8. The van der Waals surface area contributed by atoms with E-state index in [0.29, 0.717) is 30.6 Å². The van der Waals surface area contributed by atoms with Crippen molar-refractivity contribution in [2.24, 2.45) is 0 Å². The summed E-state index contributed by atoms with van der Waals surface area (Å²) >= 11 is 0. The van der Waals surface area contributed by atoms with Crippen molar-refractivity contribution in [3.8, 4) is 0 Å². The van der Waals surface area contributed by atoms with Gasteiger partial charge in [-0.15, -0.1) is 12.4 Å². The van der Waals surface area contributed by atoms with Crippen molar-refractivity contribution in [1.29, 1.82) is 0 Å². The van der Waals surface area contributed by atoms with E-state index in [-0.39, 0.29) is 30.3 Å². The summed E-state index contributed by atoms with van der Waals surface area (Å²) in [5, 5.41) is 2.93. The Morgan fingerprint density at radius 1 is 1.37 bits per heavy atom. The molecule has 1 aromatic rings. The minimum atomic E-state index is -0.122. The van der Waals surface area contributed by atoms with E-state index < -0.39 is 0 Å². The molecule has 0 spiro atoms. The van der Waals surface area contributed by atoms with Gasteiger partial charge in [0.05, 0.1) is 0 Å². The number of hydrogen-bond acceptors (Lipinski definition) is 3. The number of carbonyl (C=O) groups is 2. The molecule has 5 nitrogen and oxygen atoms in total. The Balaban J connectivity index is 0.00000180. The average Bonchev–Trinajstić information content (AvgIpc) is 2.34. The SMILES string of the molecule is CN1CC(NC(=O)c2ccc(N)cc2)CCC1=O.Cl. The molecule has 2 amide bonds. The van der Waals surface area contributed by atoms with E-state index in [1.807, 2.05) is 0 Å². The van der Waals surface area contributed by atoms with Crippen LogP contribution in [0.3, 0.4) is 0 Å². The van der Waals surface area contributed by atoms with Crippen molar-refractivity contribution in [2.75, 3.05) is 19.3 Å². The molecule has 0 saturated carbocycles. The number of nitrogen functional groups attached to an aromatic ring is 1. The number of nitrogens with one attached hydrogen (secondary N) is 1. The van der Waals surface area contributed by atoms with Gasteiger partial charge < -0.3 is 16.0 Å². The molecule has 1 atom stereocenters. The number of nitrogens with zero attached hydrogens (tertiary/aromatic N) is 1. The second-order valence-corrected chi connectivity index (χ2v) is 4.61. The lowest BCUT2D eigenvalue weighted by atomic mass is 10.0. The number of nitrogens with two attached hydrogens (primary N) is 1. The van der Waals surface area contributed by atoms with E-state index in [0.717, 1.165) is 0 Å². The quantitative estimate of drug-likeness (QED) is 0.797. The van der Waals surface area contributed by atoms with E-state index in [2.05, 4.69) is 5.32 Å². The van der Waals surface area contributed by atoms with E-state index in [1.165, 1.54) is 0 Å². The maximum Gasteiger partial charge on any atom is 0.251 e. The fraction of sp³-hybridized carbons (Fsp3) is 0.385. The number of amides is 2. The van der Waals surface area contributed by atoms with Crippen LogP contribution >= 0.6 is 12.4 Å². The third kappa shape index (κ3) is 3.86. The standard InChI is InChI=1S/C13H17N3O2.ClH/c1-16-8-11(6-7-12(16)17)15-13(18)9-2-4-10(14)5-3-9;/h2-5,11H,6-8,14H2,1H3,(H,15,18);1H. The van der Waals surface area contributed by atoms with Crippen LogP contribution in [0.2, 0.25) is 0 Å². The Morgan fingerprint density at radius 3 is 2.58 bits per heavy atom. The van der Waals surface area contributed by atoms with Gasteiger partial charge in [0.25, 0.3) is 5.91 Å². The molecule has 0 bridgehead atoms. The highest BCUT2D eigenvalue weighted by molar-refractivity contribution is 5.94. The lowest BCUT2D eigenvalue weighted by molar-refractivity contribution is -0.132. The molecule has 1 heterocycles. The van der Waals surface area contributed by atoms with Crippen LogP contribution in [0, 0.1) is 0 Å². The normalized spacial score (nSPS) is 18.7. The summed E-state index contributed by atoms with van der Waals surface area (Å²) in [6.45, 7) is 0.569. The molecule has 19 heavy (non-hydrogen) atoms. The summed E-state index contributed by atoms with van der Waals surface area (Å²) in [7, 11) is 1.75. The van der Waals surface area contributed by atoms with Crippen LogP contribution in [0.25, 0.3) is 0 Å². The Hall–Kier alpha value is -1.75. The molecule has 1 saturated heterocycles. The molecule has 0 aromatic heterocycles. The molecular formula is C13H18ClN3O2. The first-order valence-electron chi connectivity index (χ1n) is 5.96. The molecular weight excluding hydrogens is 266 g/mol. The maximum atomic E-state index is 12.0. The number of carbonyl (C=O) groups excluding carboxylic acids is 2. The zero-order valence-corrected chi connectivity index (χ0v) is 11.6. The maximum absolute atomic E-state index is 12.0. The van der Waals surface area contributed by atoms with Gasteiger partial charge in [0.15, 0.2) is 0 Å². The van der Waals surface area contributed by atoms with Crippen molar-refractivity contribution in [2.45, 2.75) is 18.9 Å². The van der Waals surface area contributed by atoms with Gasteiger partial charge in [-0.2, -0.15) is 0 Å². The van der Waals surface area contributed by atoms with Crippen molar-refractivity contribution >= 4 is 29.9 Å². The summed E-state index contributed by atoms with van der Waals surface area (Å²) in [4.78, 5) is 24.9. The lowest BCUT2D eigenvalue weighted by Crippen LogP contribution is -2.48. The fourth-order valence-corrected chi connectivity index (χ4v) is 2.03.